The molecule has 1 N–H and O–H groups in total. The van der Waals surface area contributed by atoms with E-state index in [1.807, 2.05) is 12.1 Å². The van der Waals surface area contributed by atoms with Gasteiger partial charge in [0, 0.05) is 45.3 Å². The Balaban J connectivity index is 0.00000208. The van der Waals surface area contributed by atoms with Crippen LogP contribution in [0.15, 0.2) is 29.2 Å². The van der Waals surface area contributed by atoms with Gasteiger partial charge in [-0.15, -0.1) is 12.4 Å². The summed E-state index contributed by atoms with van der Waals surface area (Å²) >= 11 is 0. The maximum atomic E-state index is 13.0. The smallest absolute Gasteiger partial charge is 0.243 e. The summed E-state index contributed by atoms with van der Waals surface area (Å²) in [5.74, 6) is 0. The Bertz CT molecular complexity index is 635. The fourth-order valence-electron chi connectivity index (χ4n) is 3.21. The first-order chi connectivity index (χ1) is 11.1. The van der Waals surface area contributed by atoms with Crippen molar-refractivity contribution < 1.29 is 13.2 Å². The molecule has 1 aromatic carbocycles. The second kappa shape index (κ2) is 8.60. The predicted molar refractivity (Wildman–Crippen MR) is 96.0 cm³/mol. The molecule has 136 valence electrons. The molecule has 2 saturated heterocycles. The summed E-state index contributed by atoms with van der Waals surface area (Å²) in [6.07, 6.45) is 0. The SMILES string of the molecule is C[C@@H]1CN(Cc2ccccc2S(=O)(=O)N2CCOCC2)CCN1.Cl. The number of rotatable bonds is 4. The van der Waals surface area contributed by atoms with Gasteiger partial charge in [-0.2, -0.15) is 4.31 Å². The van der Waals surface area contributed by atoms with Gasteiger partial charge in [0.05, 0.1) is 18.1 Å². The number of hydrogen-bond acceptors (Lipinski definition) is 5. The topological polar surface area (TPSA) is 61.9 Å². The highest BCUT2D eigenvalue weighted by atomic mass is 35.5. The third-order valence-corrected chi connectivity index (χ3v) is 6.41. The molecule has 0 aromatic heterocycles. The highest BCUT2D eigenvalue weighted by Crippen LogP contribution is 2.22. The van der Waals surface area contributed by atoms with Gasteiger partial charge in [-0.3, -0.25) is 4.90 Å². The minimum atomic E-state index is -3.45. The predicted octanol–water partition coefficient (Wildman–Crippen LogP) is 0.923. The van der Waals surface area contributed by atoms with E-state index in [0.717, 1.165) is 25.2 Å². The molecular formula is C16H26ClN3O3S. The largest absolute Gasteiger partial charge is 0.379 e. The van der Waals surface area contributed by atoms with Crippen LogP contribution >= 0.6 is 12.4 Å². The normalized spacial score (nSPS) is 23.6. The zero-order chi connectivity index (χ0) is 16.3. The number of nitrogens with zero attached hydrogens (tertiary/aromatic N) is 2. The number of benzene rings is 1. The van der Waals surface area contributed by atoms with Gasteiger partial charge in [-0.25, -0.2) is 8.42 Å². The summed E-state index contributed by atoms with van der Waals surface area (Å²) in [4.78, 5) is 2.75. The third kappa shape index (κ3) is 4.47. The van der Waals surface area contributed by atoms with E-state index in [1.165, 1.54) is 4.31 Å². The van der Waals surface area contributed by atoms with Gasteiger partial charge in [0.25, 0.3) is 0 Å². The lowest BCUT2D eigenvalue weighted by atomic mass is 10.1. The Hall–Kier alpha value is -0.700. The fourth-order valence-corrected chi connectivity index (χ4v) is 4.83. The van der Waals surface area contributed by atoms with Crippen LogP contribution in [-0.2, 0) is 21.3 Å². The van der Waals surface area contributed by atoms with Gasteiger partial charge in [0.15, 0.2) is 0 Å². The molecule has 24 heavy (non-hydrogen) atoms. The second-order valence-electron chi connectivity index (χ2n) is 6.21. The Labute approximate surface area is 150 Å². The highest BCUT2D eigenvalue weighted by Gasteiger charge is 2.29. The van der Waals surface area contributed by atoms with E-state index < -0.39 is 10.0 Å². The number of morpholine rings is 1. The maximum absolute atomic E-state index is 13.0. The van der Waals surface area contributed by atoms with Gasteiger partial charge < -0.3 is 10.1 Å². The summed E-state index contributed by atoms with van der Waals surface area (Å²) in [6, 6.07) is 7.81. The molecule has 0 amide bonds. The fraction of sp³-hybridized carbons (Fsp3) is 0.625. The van der Waals surface area contributed by atoms with E-state index >= 15 is 0 Å². The number of hydrogen-bond donors (Lipinski definition) is 1. The summed E-state index contributed by atoms with van der Waals surface area (Å²) in [7, 11) is -3.45. The number of nitrogens with one attached hydrogen (secondary N) is 1. The van der Waals surface area contributed by atoms with Crippen molar-refractivity contribution in [3.63, 3.8) is 0 Å². The Morgan fingerprint density at radius 1 is 1.21 bits per heavy atom. The number of ether oxygens (including phenoxy) is 1. The number of halogens is 1. The first-order valence-corrected chi connectivity index (χ1v) is 9.63. The Morgan fingerprint density at radius 3 is 2.62 bits per heavy atom. The Kier molecular flexibility index (Phi) is 7.03. The summed E-state index contributed by atoms with van der Waals surface area (Å²) in [6.45, 7) is 7.45. The number of sulfonamides is 1. The monoisotopic (exact) mass is 375 g/mol. The lowest BCUT2D eigenvalue weighted by Crippen LogP contribution is -2.48. The van der Waals surface area contributed by atoms with Crippen molar-refractivity contribution in [2.24, 2.45) is 0 Å². The average molecular weight is 376 g/mol. The van der Waals surface area contributed by atoms with Gasteiger partial charge in [0.1, 0.15) is 0 Å². The molecule has 6 nitrogen and oxygen atoms in total. The standard InChI is InChI=1S/C16H25N3O3S.ClH/c1-14-12-18(7-6-17-14)13-15-4-2-3-5-16(15)23(20,21)19-8-10-22-11-9-19;/h2-5,14,17H,6-13H2,1H3;1H/t14-;/m1./s1. The quantitative estimate of drug-likeness (QED) is 0.848. The van der Waals surface area contributed by atoms with E-state index in [0.29, 0.717) is 43.8 Å². The third-order valence-electron chi connectivity index (χ3n) is 4.41. The maximum Gasteiger partial charge on any atom is 0.243 e. The lowest BCUT2D eigenvalue weighted by Gasteiger charge is -2.33. The van der Waals surface area contributed by atoms with Crippen LogP contribution in [0.2, 0.25) is 0 Å². The van der Waals surface area contributed by atoms with Gasteiger partial charge in [-0.05, 0) is 18.6 Å². The van der Waals surface area contributed by atoms with Gasteiger partial charge >= 0.3 is 0 Å². The van der Waals surface area contributed by atoms with Gasteiger partial charge in [-0.1, -0.05) is 18.2 Å². The van der Waals surface area contributed by atoms with Crippen LogP contribution in [0.5, 0.6) is 0 Å². The van der Waals surface area contributed by atoms with Crippen molar-refractivity contribution in [3.05, 3.63) is 29.8 Å². The van der Waals surface area contributed by atoms with Crippen LogP contribution in [-0.4, -0.2) is 69.6 Å². The molecule has 1 atom stereocenters. The second-order valence-corrected chi connectivity index (χ2v) is 8.12. The minimum Gasteiger partial charge on any atom is -0.379 e. The zero-order valence-electron chi connectivity index (χ0n) is 14.0. The van der Waals surface area contributed by atoms with Gasteiger partial charge in [0.2, 0.25) is 10.0 Å². The van der Waals surface area contributed by atoms with Crippen LogP contribution in [0, 0.1) is 0 Å². The van der Waals surface area contributed by atoms with E-state index in [-0.39, 0.29) is 12.4 Å². The molecule has 2 heterocycles. The van der Waals surface area contributed by atoms with Crippen LogP contribution in [0.3, 0.4) is 0 Å². The van der Waals surface area contributed by atoms with E-state index in [1.54, 1.807) is 12.1 Å². The molecule has 2 aliphatic heterocycles. The molecule has 2 aliphatic rings. The van der Waals surface area contributed by atoms with Crippen LogP contribution < -0.4 is 5.32 Å². The zero-order valence-corrected chi connectivity index (χ0v) is 15.6. The molecule has 0 radical (unpaired) electrons. The molecule has 0 unspecified atom stereocenters. The number of piperazine rings is 1. The van der Waals surface area contributed by atoms with Crippen molar-refractivity contribution in [2.45, 2.75) is 24.4 Å². The summed E-state index contributed by atoms with van der Waals surface area (Å²) < 4.78 is 32.7. The molecular weight excluding hydrogens is 350 g/mol. The van der Waals surface area contributed by atoms with Crippen LogP contribution in [0.1, 0.15) is 12.5 Å². The first-order valence-electron chi connectivity index (χ1n) is 8.19. The molecule has 0 bridgehead atoms. The highest BCUT2D eigenvalue weighted by molar-refractivity contribution is 7.89. The van der Waals surface area contributed by atoms with Crippen LogP contribution in [0.4, 0.5) is 0 Å². The van der Waals surface area contributed by atoms with Crippen molar-refractivity contribution in [2.75, 3.05) is 45.9 Å². The lowest BCUT2D eigenvalue weighted by molar-refractivity contribution is 0.0730. The molecule has 1 aromatic rings. The summed E-state index contributed by atoms with van der Waals surface area (Å²) in [5.41, 5.74) is 0.882. The van der Waals surface area contributed by atoms with Crippen LogP contribution in [0.25, 0.3) is 0 Å². The van der Waals surface area contributed by atoms with Crippen molar-refractivity contribution in [3.8, 4) is 0 Å². The van der Waals surface area contributed by atoms with E-state index in [4.69, 9.17) is 4.74 Å². The van der Waals surface area contributed by atoms with Crippen molar-refractivity contribution in [1.82, 2.24) is 14.5 Å². The molecule has 0 saturated carbocycles. The molecule has 0 spiro atoms. The van der Waals surface area contributed by atoms with E-state index in [9.17, 15) is 8.42 Å². The van der Waals surface area contributed by atoms with Crippen molar-refractivity contribution in [1.29, 1.82) is 0 Å². The Morgan fingerprint density at radius 2 is 1.92 bits per heavy atom. The average Bonchev–Trinajstić information content (AvgIpc) is 2.56. The first kappa shape index (κ1) is 19.6. The molecule has 2 fully saturated rings. The minimum absolute atomic E-state index is 0. The van der Waals surface area contributed by atoms with E-state index in [2.05, 4.69) is 17.1 Å². The molecule has 0 aliphatic carbocycles. The van der Waals surface area contributed by atoms with Crippen molar-refractivity contribution >= 4 is 22.4 Å². The molecule has 8 heteroatoms. The summed E-state index contributed by atoms with van der Waals surface area (Å²) in [5, 5.41) is 3.41. The molecule has 3 rings (SSSR count).